The van der Waals surface area contributed by atoms with Gasteiger partial charge in [0.2, 0.25) is 0 Å². The van der Waals surface area contributed by atoms with Crippen LogP contribution in [0.4, 0.5) is 5.82 Å². The first-order valence-electron chi connectivity index (χ1n) is 6.06. The minimum absolute atomic E-state index is 0.661. The van der Waals surface area contributed by atoms with Gasteiger partial charge in [-0.1, -0.05) is 19.3 Å². The molecule has 0 radical (unpaired) electrons. The largest absolute Gasteiger partial charge is 0.384 e. The summed E-state index contributed by atoms with van der Waals surface area (Å²) in [6, 6.07) is 0. The van der Waals surface area contributed by atoms with Crippen molar-refractivity contribution in [1.29, 1.82) is 0 Å². The molecule has 2 rings (SSSR count). The van der Waals surface area contributed by atoms with E-state index < -0.39 is 0 Å². The lowest BCUT2D eigenvalue weighted by molar-refractivity contribution is 0.431. The van der Waals surface area contributed by atoms with E-state index in [0.717, 1.165) is 12.4 Å². The van der Waals surface area contributed by atoms with Crippen molar-refractivity contribution in [2.45, 2.75) is 58.4 Å². The second kappa shape index (κ2) is 4.25. The van der Waals surface area contributed by atoms with Gasteiger partial charge in [-0.3, -0.25) is 0 Å². The zero-order valence-electron chi connectivity index (χ0n) is 9.79. The maximum atomic E-state index is 6.02. The van der Waals surface area contributed by atoms with E-state index >= 15 is 0 Å². The Morgan fingerprint density at radius 1 is 1.33 bits per heavy atom. The van der Waals surface area contributed by atoms with Crippen LogP contribution in [0.2, 0.25) is 0 Å². The third kappa shape index (κ3) is 1.87. The molecule has 0 amide bonds. The molecule has 0 saturated heterocycles. The number of hydrogen-bond acceptors (Lipinski definition) is 2. The quantitative estimate of drug-likeness (QED) is 0.810. The molecule has 0 aliphatic heterocycles. The molecule has 1 fully saturated rings. The van der Waals surface area contributed by atoms with E-state index in [2.05, 4.69) is 18.9 Å². The average molecular weight is 207 g/mol. The van der Waals surface area contributed by atoms with Crippen molar-refractivity contribution >= 4 is 5.82 Å². The van der Waals surface area contributed by atoms with E-state index in [1.807, 2.05) is 4.68 Å². The Kier molecular flexibility index (Phi) is 2.98. The third-order valence-corrected chi connectivity index (χ3v) is 3.57. The SMILES string of the molecule is CCn1nc(C2CCCCC2)c(C)c1N. The van der Waals surface area contributed by atoms with E-state index in [1.54, 1.807) is 0 Å². The van der Waals surface area contributed by atoms with Gasteiger partial charge in [0.15, 0.2) is 0 Å². The van der Waals surface area contributed by atoms with E-state index in [4.69, 9.17) is 5.73 Å². The fourth-order valence-corrected chi connectivity index (χ4v) is 2.59. The summed E-state index contributed by atoms with van der Waals surface area (Å²) in [7, 11) is 0. The molecular weight excluding hydrogens is 186 g/mol. The second-order valence-corrected chi connectivity index (χ2v) is 4.55. The summed E-state index contributed by atoms with van der Waals surface area (Å²) < 4.78 is 1.93. The van der Waals surface area contributed by atoms with Crippen LogP contribution in [-0.4, -0.2) is 9.78 Å². The van der Waals surface area contributed by atoms with Crippen LogP contribution >= 0.6 is 0 Å². The second-order valence-electron chi connectivity index (χ2n) is 4.55. The highest BCUT2D eigenvalue weighted by atomic mass is 15.3. The minimum atomic E-state index is 0.661. The zero-order valence-corrected chi connectivity index (χ0v) is 9.79. The lowest BCUT2D eigenvalue weighted by atomic mass is 9.86. The maximum absolute atomic E-state index is 6.02. The molecular formula is C12H21N3. The molecule has 0 aromatic carbocycles. The van der Waals surface area contributed by atoms with Crippen molar-refractivity contribution in [2.75, 3.05) is 5.73 Å². The molecule has 1 aromatic rings. The van der Waals surface area contributed by atoms with Crippen molar-refractivity contribution in [2.24, 2.45) is 0 Å². The van der Waals surface area contributed by atoms with Gasteiger partial charge in [-0.2, -0.15) is 5.10 Å². The van der Waals surface area contributed by atoms with Crippen LogP contribution in [0, 0.1) is 6.92 Å². The summed E-state index contributed by atoms with van der Waals surface area (Å²) in [4.78, 5) is 0. The molecule has 1 aliphatic rings. The van der Waals surface area contributed by atoms with Gasteiger partial charge in [0.25, 0.3) is 0 Å². The van der Waals surface area contributed by atoms with Gasteiger partial charge in [0.05, 0.1) is 5.69 Å². The lowest BCUT2D eigenvalue weighted by Crippen LogP contribution is -2.07. The molecule has 15 heavy (non-hydrogen) atoms. The molecule has 2 N–H and O–H groups in total. The van der Waals surface area contributed by atoms with E-state index in [1.165, 1.54) is 43.4 Å². The zero-order chi connectivity index (χ0) is 10.8. The smallest absolute Gasteiger partial charge is 0.124 e. The highest BCUT2D eigenvalue weighted by Gasteiger charge is 2.22. The van der Waals surface area contributed by atoms with Gasteiger partial charge < -0.3 is 5.73 Å². The summed E-state index contributed by atoms with van der Waals surface area (Å²) in [5.41, 5.74) is 8.49. The molecule has 1 saturated carbocycles. The van der Waals surface area contributed by atoms with Crippen LogP contribution in [0.3, 0.4) is 0 Å². The highest BCUT2D eigenvalue weighted by Crippen LogP contribution is 2.34. The summed E-state index contributed by atoms with van der Waals surface area (Å²) in [5.74, 6) is 1.52. The summed E-state index contributed by atoms with van der Waals surface area (Å²) in [6.45, 7) is 5.07. The van der Waals surface area contributed by atoms with E-state index in [0.29, 0.717) is 5.92 Å². The molecule has 1 heterocycles. The molecule has 0 spiro atoms. The molecule has 1 aromatic heterocycles. The Hall–Kier alpha value is -0.990. The number of nitrogens with zero attached hydrogens (tertiary/aromatic N) is 2. The molecule has 0 bridgehead atoms. The van der Waals surface area contributed by atoms with Gasteiger partial charge in [-0.15, -0.1) is 0 Å². The lowest BCUT2D eigenvalue weighted by Gasteiger charge is -2.20. The number of nitrogens with two attached hydrogens (primary N) is 1. The van der Waals surface area contributed by atoms with Crippen molar-refractivity contribution in [1.82, 2.24) is 9.78 Å². The molecule has 0 atom stereocenters. The number of nitrogen functional groups attached to an aromatic ring is 1. The van der Waals surface area contributed by atoms with Crippen molar-refractivity contribution in [3.05, 3.63) is 11.3 Å². The monoisotopic (exact) mass is 207 g/mol. The summed E-state index contributed by atoms with van der Waals surface area (Å²) in [6.07, 6.45) is 6.67. The van der Waals surface area contributed by atoms with Gasteiger partial charge in [-0.25, -0.2) is 4.68 Å². The molecule has 3 nitrogen and oxygen atoms in total. The van der Waals surface area contributed by atoms with Crippen molar-refractivity contribution < 1.29 is 0 Å². The standard InChI is InChI=1S/C12H21N3/c1-3-15-12(13)9(2)11(14-15)10-7-5-4-6-8-10/h10H,3-8,13H2,1-2H3. The Labute approximate surface area is 91.7 Å². The maximum Gasteiger partial charge on any atom is 0.124 e. The van der Waals surface area contributed by atoms with Gasteiger partial charge in [0, 0.05) is 18.0 Å². The Morgan fingerprint density at radius 3 is 2.53 bits per heavy atom. The fraction of sp³-hybridized carbons (Fsp3) is 0.750. The first-order valence-corrected chi connectivity index (χ1v) is 6.06. The average Bonchev–Trinajstić information content (AvgIpc) is 2.57. The highest BCUT2D eigenvalue weighted by molar-refractivity contribution is 5.43. The number of rotatable bonds is 2. The molecule has 84 valence electrons. The van der Waals surface area contributed by atoms with Crippen molar-refractivity contribution in [3.8, 4) is 0 Å². The van der Waals surface area contributed by atoms with Gasteiger partial charge in [0.1, 0.15) is 5.82 Å². The number of aromatic nitrogens is 2. The van der Waals surface area contributed by atoms with Crippen molar-refractivity contribution in [3.63, 3.8) is 0 Å². The first kappa shape index (κ1) is 10.5. The Bertz CT molecular complexity index is 335. The minimum Gasteiger partial charge on any atom is -0.384 e. The number of aryl methyl sites for hydroxylation is 1. The third-order valence-electron chi connectivity index (χ3n) is 3.57. The topological polar surface area (TPSA) is 43.8 Å². The van der Waals surface area contributed by atoms with Gasteiger partial charge >= 0.3 is 0 Å². The normalized spacial score (nSPS) is 18.3. The van der Waals surface area contributed by atoms with Crippen LogP contribution in [0.5, 0.6) is 0 Å². The number of hydrogen-bond donors (Lipinski definition) is 1. The Balaban J connectivity index is 2.26. The van der Waals surface area contributed by atoms with Crippen LogP contribution in [0.1, 0.15) is 56.2 Å². The van der Waals surface area contributed by atoms with Crippen LogP contribution < -0.4 is 5.73 Å². The fourth-order valence-electron chi connectivity index (χ4n) is 2.59. The Morgan fingerprint density at radius 2 is 2.00 bits per heavy atom. The van der Waals surface area contributed by atoms with Crippen LogP contribution in [-0.2, 0) is 6.54 Å². The molecule has 1 aliphatic carbocycles. The van der Waals surface area contributed by atoms with E-state index in [9.17, 15) is 0 Å². The molecule has 3 heteroatoms. The predicted octanol–water partition coefficient (Wildman–Crippen LogP) is 2.84. The predicted molar refractivity (Wildman–Crippen MR) is 62.9 cm³/mol. The van der Waals surface area contributed by atoms with Gasteiger partial charge in [-0.05, 0) is 26.7 Å². The van der Waals surface area contributed by atoms with Crippen LogP contribution in [0.25, 0.3) is 0 Å². The molecule has 0 unspecified atom stereocenters. The number of anilines is 1. The van der Waals surface area contributed by atoms with Crippen LogP contribution in [0.15, 0.2) is 0 Å². The summed E-state index contributed by atoms with van der Waals surface area (Å²) in [5, 5.41) is 4.64. The summed E-state index contributed by atoms with van der Waals surface area (Å²) >= 11 is 0. The first-order chi connectivity index (χ1) is 7.24. The van der Waals surface area contributed by atoms with E-state index in [-0.39, 0.29) is 0 Å².